The lowest BCUT2D eigenvalue weighted by Crippen LogP contribution is -2.47. The lowest BCUT2D eigenvalue weighted by Gasteiger charge is -2.35. The van der Waals surface area contributed by atoms with Crippen molar-refractivity contribution in [1.82, 2.24) is 4.90 Å². The fourth-order valence-corrected chi connectivity index (χ4v) is 2.54. The molecule has 0 spiro atoms. The topological polar surface area (TPSA) is 49.8 Å². The number of rotatable bonds is 3. The van der Waals surface area contributed by atoms with Crippen LogP contribution in [-0.4, -0.2) is 48.3 Å². The molecule has 0 aliphatic carbocycles. The van der Waals surface area contributed by atoms with Gasteiger partial charge in [-0.05, 0) is 12.1 Å². The van der Waals surface area contributed by atoms with Crippen LogP contribution >= 0.6 is 12.6 Å². The number of benzene rings is 1. The summed E-state index contributed by atoms with van der Waals surface area (Å²) in [4.78, 5) is 14.5. The summed E-state index contributed by atoms with van der Waals surface area (Å²) in [6.07, 6.45) is 1.13. The first-order valence-electron chi connectivity index (χ1n) is 6.35. The summed E-state index contributed by atoms with van der Waals surface area (Å²) in [5.41, 5.74) is -0.280. The fourth-order valence-electron chi connectivity index (χ4n) is 2.28. The Morgan fingerprint density at radius 2 is 2.05 bits per heavy atom. The number of carbonyl (C=O) groups is 1. The van der Waals surface area contributed by atoms with Gasteiger partial charge in [0.05, 0.1) is 11.2 Å². The molecule has 1 heterocycles. The van der Waals surface area contributed by atoms with E-state index in [-0.39, 0.29) is 5.91 Å². The Morgan fingerprint density at radius 3 is 2.68 bits per heavy atom. The number of likely N-dealkylation sites (N-methyl/N-ethyl adjacent to an activating group) is 1. The molecule has 5 heteroatoms. The first-order valence-corrected chi connectivity index (χ1v) is 6.80. The second kappa shape index (κ2) is 5.94. The quantitative estimate of drug-likeness (QED) is 0.827. The number of carbonyl (C=O) groups excluding carboxylic acids is 1. The van der Waals surface area contributed by atoms with Gasteiger partial charge >= 0.3 is 0 Å². The number of amides is 1. The van der Waals surface area contributed by atoms with Gasteiger partial charge in [0.25, 0.3) is 5.91 Å². The zero-order valence-corrected chi connectivity index (χ0v) is 11.9. The Morgan fingerprint density at radius 1 is 1.42 bits per heavy atom. The summed E-state index contributed by atoms with van der Waals surface area (Å²) in [5, 5.41) is 10.4. The van der Waals surface area contributed by atoms with Crippen molar-refractivity contribution in [3.63, 3.8) is 0 Å². The van der Waals surface area contributed by atoms with Crippen LogP contribution in [0.4, 0.5) is 0 Å². The van der Waals surface area contributed by atoms with Crippen LogP contribution in [0.25, 0.3) is 0 Å². The normalized spacial score (nSPS) is 18.1. The van der Waals surface area contributed by atoms with Gasteiger partial charge in [-0.2, -0.15) is 0 Å². The number of hydrogen-bond acceptors (Lipinski definition) is 4. The van der Waals surface area contributed by atoms with Gasteiger partial charge in [-0.25, -0.2) is 0 Å². The van der Waals surface area contributed by atoms with Crippen LogP contribution in [0.5, 0.6) is 0 Å². The largest absolute Gasteiger partial charge is 0.388 e. The van der Waals surface area contributed by atoms with Crippen LogP contribution in [0.15, 0.2) is 29.2 Å². The Kier molecular flexibility index (Phi) is 4.50. The summed E-state index contributed by atoms with van der Waals surface area (Å²) in [6.45, 7) is 1.40. The van der Waals surface area contributed by atoms with Crippen LogP contribution in [-0.2, 0) is 4.74 Å². The molecule has 104 valence electrons. The van der Waals surface area contributed by atoms with Crippen LogP contribution in [0, 0.1) is 0 Å². The number of thiol groups is 1. The summed E-state index contributed by atoms with van der Waals surface area (Å²) in [6, 6.07) is 7.18. The van der Waals surface area contributed by atoms with E-state index in [0.29, 0.717) is 43.1 Å². The van der Waals surface area contributed by atoms with Gasteiger partial charge in [-0.15, -0.1) is 12.6 Å². The summed E-state index contributed by atoms with van der Waals surface area (Å²) >= 11 is 4.29. The number of nitrogens with zero attached hydrogens (tertiary/aromatic N) is 1. The molecular formula is C14H19NO3S. The monoisotopic (exact) mass is 281 g/mol. The molecule has 0 saturated carbocycles. The molecule has 0 bridgehead atoms. The highest BCUT2D eigenvalue weighted by Gasteiger charge is 2.32. The highest BCUT2D eigenvalue weighted by molar-refractivity contribution is 7.80. The van der Waals surface area contributed by atoms with E-state index in [9.17, 15) is 9.90 Å². The smallest absolute Gasteiger partial charge is 0.254 e. The maximum atomic E-state index is 12.3. The van der Waals surface area contributed by atoms with E-state index in [1.165, 1.54) is 0 Å². The van der Waals surface area contributed by atoms with Gasteiger partial charge in [0, 0.05) is 44.5 Å². The van der Waals surface area contributed by atoms with Gasteiger partial charge in [0.15, 0.2) is 0 Å². The summed E-state index contributed by atoms with van der Waals surface area (Å²) < 4.78 is 5.24. The summed E-state index contributed by atoms with van der Waals surface area (Å²) in [7, 11) is 1.70. The Bertz CT molecular complexity index is 458. The van der Waals surface area contributed by atoms with E-state index in [1.54, 1.807) is 24.1 Å². The lowest BCUT2D eigenvalue weighted by atomic mass is 9.93. The predicted octanol–water partition coefficient (Wildman–Crippen LogP) is 1.59. The van der Waals surface area contributed by atoms with Gasteiger partial charge in [0.1, 0.15) is 0 Å². The van der Waals surface area contributed by atoms with Crippen molar-refractivity contribution in [2.24, 2.45) is 0 Å². The molecule has 1 aromatic carbocycles. The van der Waals surface area contributed by atoms with Gasteiger partial charge in [-0.1, -0.05) is 12.1 Å². The van der Waals surface area contributed by atoms with Crippen LogP contribution in [0.1, 0.15) is 23.2 Å². The molecule has 0 atom stereocenters. The molecule has 1 amide bonds. The zero-order valence-electron chi connectivity index (χ0n) is 11.0. The lowest BCUT2D eigenvalue weighted by molar-refractivity contribution is -0.0734. The van der Waals surface area contributed by atoms with Gasteiger partial charge in [0.2, 0.25) is 0 Å². The van der Waals surface area contributed by atoms with Crippen molar-refractivity contribution < 1.29 is 14.6 Å². The van der Waals surface area contributed by atoms with Crippen LogP contribution < -0.4 is 0 Å². The molecule has 2 rings (SSSR count). The SMILES string of the molecule is CN(CC1(O)CCOCC1)C(=O)c1ccccc1S. The van der Waals surface area contributed by atoms with Crippen LogP contribution in [0.2, 0.25) is 0 Å². The van der Waals surface area contributed by atoms with Crippen LogP contribution in [0.3, 0.4) is 0 Å². The average molecular weight is 281 g/mol. The minimum Gasteiger partial charge on any atom is -0.388 e. The molecule has 0 aromatic heterocycles. The van der Waals surface area contributed by atoms with E-state index >= 15 is 0 Å². The van der Waals surface area contributed by atoms with E-state index in [2.05, 4.69) is 12.6 Å². The maximum absolute atomic E-state index is 12.3. The molecule has 1 aromatic rings. The van der Waals surface area contributed by atoms with Gasteiger partial charge < -0.3 is 14.7 Å². The van der Waals surface area contributed by atoms with Crippen molar-refractivity contribution >= 4 is 18.5 Å². The number of ether oxygens (including phenoxy) is 1. The number of hydrogen-bond donors (Lipinski definition) is 2. The molecule has 0 unspecified atom stereocenters. The minimum atomic E-state index is -0.839. The highest BCUT2D eigenvalue weighted by atomic mass is 32.1. The molecule has 1 fully saturated rings. The van der Waals surface area contributed by atoms with E-state index in [0.717, 1.165) is 0 Å². The first-order chi connectivity index (χ1) is 9.02. The highest BCUT2D eigenvalue weighted by Crippen LogP contribution is 2.23. The maximum Gasteiger partial charge on any atom is 0.254 e. The van der Waals surface area contributed by atoms with Crippen molar-refractivity contribution in [3.05, 3.63) is 29.8 Å². The molecule has 1 saturated heterocycles. The molecule has 19 heavy (non-hydrogen) atoms. The first kappa shape index (κ1) is 14.4. The molecule has 1 N–H and O–H groups in total. The third-order valence-electron chi connectivity index (χ3n) is 3.44. The molecular weight excluding hydrogens is 262 g/mol. The zero-order chi connectivity index (χ0) is 13.9. The second-order valence-electron chi connectivity index (χ2n) is 5.02. The molecule has 0 radical (unpaired) electrons. The van der Waals surface area contributed by atoms with Crippen molar-refractivity contribution in [2.45, 2.75) is 23.3 Å². The van der Waals surface area contributed by atoms with Gasteiger partial charge in [-0.3, -0.25) is 4.79 Å². The second-order valence-corrected chi connectivity index (χ2v) is 5.50. The fraction of sp³-hybridized carbons (Fsp3) is 0.500. The number of aliphatic hydroxyl groups is 1. The predicted molar refractivity (Wildman–Crippen MR) is 75.7 cm³/mol. The standard InChI is InChI=1S/C14H19NO3S/c1-15(10-14(17)6-8-18-9-7-14)13(16)11-4-2-3-5-12(11)19/h2-5,17,19H,6-10H2,1H3. The van der Waals surface area contributed by atoms with Crippen molar-refractivity contribution in [3.8, 4) is 0 Å². The van der Waals surface area contributed by atoms with E-state index in [1.807, 2.05) is 12.1 Å². The molecule has 1 aliphatic heterocycles. The minimum absolute atomic E-state index is 0.120. The van der Waals surface area contributed by atoms with Crippen molar-refractivity contribution in [1.29, 1.82) is 0 Å². The van der Waals surface area contributed by atoms with E-state index < -0.39 is 5.60 Å². The Balaban J connectivity index is 2.05. The van der Waals surface area contributed by atoms with E-state index in [4.69, 9.17) is 4.74 Å². The molecule has 1 aliphatic rings. The third-order valence-corrected chi connectivity index (χ3v) is 3.83. The average Bonchev–Trinajstić information content (AvgIpc) is 2.39. The third kappa shape index (κ3) is 3.49. The summed E-state index contributed by atoms with van der Waals surface area (Å²) in [5.74, 6) is -0.120. The molecule has 4 nitrogen and oxygen atoms in total. The Hall–Kier alpha value is -1.04. The van der Waals surface area contributed by atoms with Crippen molar-refractivity contribution in [2.75, 3.05) is 26.8 Å². The Labute approximate surface area is 118 Å².